The molecule has 0 atom stereocenters. The molecule has 0 aliphatic heterocycles. The van der Waals surface area contributed by atoms with Gasteiger partial charge in [-0.1, -0.05) is 284 Å². The molecule has 9 aromatic carbocycles. The van der Waals surface area contributed by atoms with Crippen molar-refractivity contribution in [1.82, 2.24) is 0 Å². The monoisotopic (exact) mass is 1360 g/mol. The standard InChI is InChI=1S/C91H111IS/c1-52(2)73-31-25-32-74(53(3)4)85(73)64-43-65(86-75(54(5)6)33-26-34-76(86)55(7)8)47-70(46-64)91(93-92,71-48-66(87-77(56(9)10)35-27-36-78(87)57(11)12)44-67(49-71)88-79(58(13)14)37-28-38-80(88)59(15)16)72-50-68(89-81(60(17)18)39-29-40-82(89)61(19)20)45-69(51-72)90-83(62(21)22)41-30-42-84(90)63(23)24/h25-63H,1-24H3. The van der Waals surface area contributed by atoms with Gasteiger partial charge >= 0.3 is 0 Å². The number of halogens is 1. The Morgan fingerprint density at radius 2 is 0.323 bits per heavy atom. The topological polar surface area (TPSA) is 0 Å². The number of hydrogen-bond acceptors (Lipinski definition) is 1. The van der Waals surface area contributed by atoms with Gasteiger partial charge in [0.2, 0.25) is 0 Å². The van der Waals surface area contributed by atoms with Crippen LogP contribution in [0.5, 0.6) is 0 Å². The van der Waals surface area contributed by atoms with Crippen LogP contribution in [0.2, 0.25) is 0 Å². The van der Waals surface area contributed by atoms with Crippen molar-refractivity contribution in [2.45, 2.75) is 242 Å². The predicted octanol–water partition coefficient (Wildman–Crippen LogP) is 29.5. The molecule has 9 rings (SSSR count). The first kappa shape index (κ1) is 71.4. The highest BCUT2D eigenvalue weighted by molar-refractivity contribution is 14.2. The first-order chi connectivity index (χ1) is 44.0. The van der Waals surface area contributed by atoms with Crippen LogP contribution in [0.15, 0.2) is 164 Å². The van der Waals surface area contributed by atoms with Crippen LogP contribution in [-0.4, -0.2) is 0 Å². The minimum absolute atomic E-state index is 0.293. The molecule has 0 saturated heterocycles. The molecule has 0 heterocycles. The van der Waals surface area contributed by atoms with Crippen LogP contribution in [0.3, 0.4) is 0 Å². The van der Waals surface area contributed by atoms with Crippen LogP contribution >= 0.6 is 30.1 Å². The highest BCUT2D eigenvalue weighted by atomic mass is 127. The van der Waals surface area contributed by atoms with E-state index in [9.17, 15) is 0 Å². The summed E-state index contributed by atoms with van der Waals surface area (Å²) in [5.74, 6) is 3.52. The van der Waals surface area contributed by atoms with Crippen LogP contribution in [0, 0.1) is 0 Å². The van der Waals surface area contributed by atoms with Gasteiger partial charge in [0, 0.05) is 0 Å². The molecule has 0 spiro atoms. The zero-order chi connectivity index (χ0) is 67.8. The maximum absolute atomic E-state index is 2.80. The molecule has 0 N–H and O–H groups in total. The SMILES string of the molecule is CC(C)c1cccc(C(C)C)c1-c1cc(-c2c(C(C)C)cccc2C(C)C)cc(C(SI)(c2cc(-c3c(C(C)C)cccc3C(C)C)cc(-c3c(C(C)C)cccc3C(C)C)c2)c2cc(-c3c(C(C)C)cccc3C(C)C)cc(-c3c(C(C)C)cccc3C(C)C)c2)c1. The number of hydrogen-bond donors (Lipinski definition) is 0. The Bertz CT molecular complexity index is 3290. The third kappa shape index (κ3) is 14.2. The van der Waals surface area contributed by atoms with Crippen molar-refractivity contribution < 1.29 is 0 Å². The zero-order valence-corrected chi connectivity index (χ0v) is 64.3. The normalized spacial score (nSPS) is 12.5. The molecule has 0 radical (unpaired) electrons. The van der Waals surface area contributed by atoms with Crippen molar-refractivity contribution >= 4 is 30.1 Å². The van der Waals surface area contributed by atoms with Crippen LogP contribution in [0.1, 0.15) is 321 Å². The molecule has 0 aromatic heterocycles. The fourth-order valence-corrected chi connectivity index (χ4v) is 18.2. The first-order valence-electron chi connectivity index (χ1n) is 35.6. The van der Waals surface area contributed by atoms with E-state index in [1.807, 2.05) is 8.93 Å². The molecule has 0 aliphatic carbocycles. The lowest BCUT2D eigenvalue weighted by atomic mass is 9.74. The predicted molar refractivity (Wildman–Crippen MR) is 423 cm³/mol. The quantitative estimate of drug-likeness (QED) is 0.0481. The van der Waals surface area contributed by atoms with Gasteiger partial charge in [-0.3, -0.25) is 0 Å². The third-order valence-electron chi connectivity index (χ3n) is 20.1. The Labute approximate surface area is 581 Å². The molecular formula is C91H111IS. The van der Waals surface area contributed by atoms with Gasteiger partial charge in [-0.15, -0.1) is 0 Å². The molecule has 0 bridgehead atoms. The van der Waals surface area contributed by atoms with E-state index in [1.54, 1.807) is 0 Å². The summed E-state index contributed by atoms with van der Waals surface area (Å²) in [4.78, 5) is 0. The molecule has 0 nitrogen and oxygen atoms in total. The van der Waals surface area contributed by atoms with Gasteiger partial charge < -0.3 is 0 Å². The Balaban J connectivity index is 1.67. The minimum Gasteiger partial charge on any atom is -0.0679 e. The summed E-state index contributed by atoms with van der Waals surface area (Å²) < 4.78 is -0.846. The van der Waals surface area contributed by atoms with Crippen LogP contribution in [0.25, 0.3) is 66.8 Å². The van der Waals surface area contributed by atoms with Gasteiger partial charge in [0.25, 0.3) is 0 Å². The zero-order valence-electron chi connectivity index (χ0n) is 61.3. The van der Waals surface area contributed by atoms with Crippen molar-refractivity contribution in [3.8, 4) is 66.8 Å². The van der Waals surface area contributed by atoms with Crippen molar-refractivity contribution in [3.63, 3.8) is 0 Å². The summed E-state index contributed by atoms with van der Waals surface area (Å²) in [6.45, 7) is 57.5. The Hall–Kier alpha value is -5.94. The summed E-state index contributed by atoms with van der Waals surface area (Å²) >= 11 is 2.80. The van der Waals surface area contributed by atoms with E-state index in [0.717, 1.165) is 0 Å². The van der Waals surface area contributed by atoms with E-state index in [0.29, 0.717) is 71.0 Å². The van der Waals surface area contributed by atoms with Crippen molar-refractivity contribution in [2.75, 3.05) is 0 Å². The molecule has 0 saturated carbocycles. The Morgan fingerprint density at radius 3 is 0.419 bits per heavy atom. The lowest BCUT2D eigenvalue weighted by molar-refractivity contribution is 0.834. The summed E-state index contributed by atoms with van der Waals surface area (Å²) in [6, 6.07) is 66.8. The van der Waals surface area contributed by atoms with E-state index < -0.39 is 4.75 Å². The summed E-state index contributed by atoms with van der Waals surface area (Å²) in [6.07, 6.45) is 0. The molecule has 2 heteroatoms. The molecule has 488 valence electrons. The van der Waals surface area contributed by atoms with Crippen LogP contribution in [-0.2, 0) is 4.75 Å². The van der Waals surface area contributed by atoms with E-state index in [-0.39, 0.29) is 0 Å². The Morgan fingerprint density at radius 1 is 0.204 bits per heavy atom. The molecule has 9 aromatic rings. The van der Waals surface area contributed by atoms with Gasteiger partial charge in [-0.05, 0) is 297 Å². The molecule has 0 unspecified atom stereocenters. The van der Waals surface area contributed by atoms with Gasteiger partial charge in [0.15, 0.2) is 0 Å². The number of benzene rings is 9. The fraction of sp³-hybridized carbons (Fsp3) is 0.407. The number of rotatable bonds is 22. The fourth-order valence-electron chi connectivity index (χ4n) is 15.3. The minimum atomic E-state index is -0.846. The second-order valence-corrected chi connectivity index (χ2v) is 33.0. The summed E-state index contributed by atoms with van der Waals surface area (Å²) in [7, 11) is 2.00. The van der Waals surface area contributed by atoms with Crippen molar-refractivity contribution in [2.24, 2.45) is 0 Å². The lowest BCUT2D eigenvalue weighted by Crippen LogP contribution is -2.25. The van der Waals surface area contributed by atoms with Crippen LogP contribution in [0.4, 0.5) is 0 Å². The van der Waals surface area contributed by atoms with Gasteiger partial charge in [0.1, 0.15) is 4.75 Å². The molecule has 0 amide bonds. The van der Waals surface area contributed by atoms with Crippen LogP contribution < -0.4 is 0 Å². The second kappa shape index (κ2) is 29.6. The molecule has 0 aliphatic rings. The highest BCUT2D eigenvalue weighted by Crippen LogP contribution is 2.58. The first-order valence-corrected chi connectivity index (χ1v) is 38.9. The van der Waals surface area contributed by atoms with E-state index in [4.69, 9.17) is 0 Å². The van der Waals surface area contributed by atoms with E-state index >= 15 is 0 Å². The maximum atomic E-state index is 2.80. The van der Waals surface area contributed by atoms with Gasteiger partial charge in [-0.25, -0.2) is 0 Å². The van der Waals surface area contributed by atoms with E-state index in [2.05, 4.69) is 351 Å². The summed E-state index contributed by atoms with van der Waals surface area (Å²) in [5, 5.41) is 0. The highest BCUT2D eigenvalue weighted by Gasteiger charge is 2.41. The Kier molecular flexibility index (Phi) is 22.7. The van der Waals surface area contributed by atoms with Crippen molar-refractivity contribution in [1.29, 1.82) is 0 Å². The lowest BCUT2D eigenvalue weighted by Gasteiger charge is -2.37. The maximum Gasteiger partial charge on any atom is 0.101 e. The summed E-state index contributed by atoms with van der Waals surface area (Å²) in [5.41, 5.74) is 36.5. The molecule has 0 fully saturated rings. The molecule has 93 heavy (non-hydrogen) atoms. The van der Waals surface area contributed by atoms with Gasteiger partial charge in [-0.2, -0.15) is 0 Å². The smallest absolute Gasteiger partial charge is 0.0679 e. The second-order valence-electron chi connectivity index (χ2n) is 30.9. The average Bonchev–Trinajstić information content (AvgIpc) is 0.725. The largest absolute Gasteiger partial charge is 0.101 e. The molecular weight excluding hydrogens is 1250 g/mol. The van der Waals surface area contributed by atoms with E-state index in [1.165, 1.54) is 150 Å². The average molecular weight is 1360 g/mol. The van der Waals surface area contributed by atoms with Crippen molar-refractivity contribution in [3.05, 3.63) is 247 Å². The third-order valence-corrected chi connectivity index (χ3v) is 23.0. The van der Waals surface area contributed by atoms with Gasteiger partial charge in [0.05, 0.1) is 0 Å².